The monoisotopic (exact) mass is 319 g/mol. The van der Waals surface area contributed by atoms with E-state index in [1.807, 2.05) is 18.2 Å². The van der Waals surface area contributed by atoms with Gasteiger partial charge in [0.05, 0.1) is 20.8 Å². The van der Waals surface area contributed by atoms with Gasteiger partial charge in [0.15, 0.2) is 11.5 Å². The molecule has 0 aliphatic carbocycles. The van der Waals surface area contributed by atoms with Crippen LogP contribution in [0, 0.1) is 5.92 Å². The van der Waals surface area contributed by atoms with Crippen LogP contribution in [0.4, 0.5) is 0 Å². The van der Waals surface area contributed by atoms with Gasteiger partial charge in [-0.05, 0) is 36.6 Å². The van der Waals surface area contributed by atoms with E-state index in [9.17, 15) is 4.79 Å². The van der Waals surface area contributed by atoms with Gasteiger partial charge in [0, 0.05) is 25.7 Å². The number of benzene rings is 1. The summed E-state index contributed by atoms with van der Waals surface area (Å²) in [7, 11) is 3.22. The highest BCUT2D eigenvalue weighted by atomic mass is 16.5. The topological polar surface area (TPSA) is 62.8 Å². The molecule has 0 unspecified atom stereocenters. The van der Waals surface area contributed by atoms with E-state index in [0.29, 0.717) is 36.5 Å². The van der Waals surface area contributed by atoms with Gasteiger partial charge in [-0.15, -0.1) is 0 Å². The van der Waals surface area contributed by atoms with Crippen molar-refractivity contribution in [2.24, 2.45) is 5.92 Å². The summed E-state index contributed by atoms with van der Waals surface area (Å²) < 4.78 is 10.5. The zero-order valence-corrected chi connectivity index (χ0v) is 13.8. The molecule has 2 heterocycles. The van der Waals surface area contributed by atoms with Crippen molar-refractivity contribution in [3.05, 3.63) is 23.8 Å². The molecule has 6 heteroatoms. The van der Waals surface area contributed by atoms with Gasteiger partial charge in [-0.1, -0.05) is 6.07 Å². The molecule has 1 aromatic rings. The Morgan fingerprint density at radius 1 is 1.30 bits per heavy atom. The highest BCUT2D eigenvalue weighted by molar-refractivity contribution is 5.78. The third-order valence-electron chi connectivity index (χ3n) is 4.74. The molecule has 0 bridgehead atoms. The summed E-state index contributed by atoms with van der Waals surface area (Å²) in [6, 6.07) is 6.26. The molecule has 1 amide bonds. The second-order valence-corrected chi connectivity index (χ2v) is 6.27. The Kier molecular flexibility index (Phi) is 5.03. The Balaban J connectivity index is 1.47. The Hall–Kier alpha value is -1.79. The van der Waals surface area contributed by atoms with Crippen LogP contribution in [-0.4, -0.2) is 57.2 Å². The number of likely N-dealkylation sites (tertiary alicyclic amines) is 1. The number of methoxy groups -OCH3 is 2. The lowest BCUT2D eigenvalue weighted by Crippen LogP contribution is -2.38. The summed E-state index contributed by atoms with van der Waals surface area (Å²) in [5.74, 6) is 2.16. The maximum Gasteiger partial charge on any atom is 0.234 e. The normalized spacial score (nSPS) is 23.6. The highest BCUT2D eigenvalue weighted by Crippen LogP contribution is 2.27. The minimum absolute atomic E-state index is 0.0692. The largest absolute Gasteiger partial charge is 0.493 e. The predicted octanol–water partition coefficient (Wildman–Crippen LogP) is 0.614. The van der Waals surface area contributed by atoms with E-state index in [2.05, 4.69) is 15.5 Å². The van der Waals surface area contributed by atoms with Crippen molar-refractivity contribution in [2.45, 2.75) is 19.0 Å². The number of ether oxygens (including phenoxy) is 2. The van der Waals surface area contributed by atoms with Crippen LogP contribution in [0.25, 0.3) is 0 Å². The molecule has 0 saturated carbocycles. The first-order valence-electron chi connectivity index (χ1n) is 8.13. The van der Waals surface area contributed by atoms with Crippen molar-refractivity contribution in [1.29, 1.82) is 0 Å². The molecule has 1 aromatic carbocycles. The first-order valence-corrected chi connectivity index (χ1v) is 8.13. The van der Waals surface area contributed by atoms with E-state index < -0.39 is 0 Å². The van der Waals surface area contributed by atoms with Crippen LogP contribution in [0.5, 0.6) is 11.5 Å². The van der Waals surface area contributed by atoms with Crippen molar-refractivity contribution in [1.82, 2.24) is 15.5 Å². The molecule has 2 atom stereocenters. The molecule has 3 rings (SSSR count). The van der Waals surface area contributed by atoms with Crippen LogP contribution < -0.4 is 20.1 Å². The Morgan fingerprint density at radius 2 is 2.13 bits per heavy atom. The summed E-state index contributed by atoms with van der Waals surface area (Å²) in [5.41, 5.74) is 0.996. The van der Waals surface area contributed by atoms with Crippen molar-refractivity contribution < 1.29 is 14.3 Å². The molecule has 6 nitrogen and oxygen atoms in total. The molecule has 0 spiro atoms. The van der Waals surface area contributed by atoms with Gasteiger partial charge in [0.25, 0.3) is 0 Å². The van der Waals surface area contributed by atoms with Crippen molar-refractivity contribution in [3.8, 4) is 11.5 Å². The first kappa shape index (κ1) is 16.1. The number of amides is 1. The first-order chi connectivity index (χ1) is 11.2. The van der Waals surface area contributed by atoms with Crippen LogP contribution in [0.3, 0.4) is 0 Å². The SMILES string of the molecule is COc1ccc(CNC(=O)CN2C[C@@H]3CCN[C@@H]3C2)cc1OC. The lowest BCUT2D eigenvalue weighted by molar-refractivity contribution is -0.122. The van der Waals surface area contributed by atoms with Gasteiger partial charge in [-0.3, -0.25) is 9.69 Å². The zero-order chi connectivity index (χ0) is 16.2. The molecule has 2 N–H and O–H groups in total. The lowest BCUT2D eigenvalue weighted by atomic mass is 10.1. The standard InChI is InChI=1S/C17H25N3O3/c1-22-15-4-3-12(7-16(15)23-2)8-19-17(21)11-20-9-13-5-6-18-14(13)10-20/h3-4,7,13-14,18H,5-6,8-11H2,1-2H3,(H,19,21)/t13-,14+/m0/s1. The molecule has 2 aliphatic rings. The van der Waals surface area contributed by atoms with Crippen LogP contribution >= 0.6 is 0 Å². The minimum atomic E-state index is 0.0692. The fraction of sp³-hybridized carbons (Fsp3) is 0.588. The maximum atomic E-state index is 12.1. The summed E-state index contributed by atoms with van der Waals surface area (Å²) in [6.07, 6.45) is 1.23. The number of hydrogen-bond acceptors (Lipinski definition) is 5. The number of nitrogens with zero attached hydrogens (tertiary/aromatic N) is 1. The highest BCUT2D eigenvalue weighted by Gasteiger charge is 2.36. The van der Waals surface area contributed by atoms with Crippen molar-refractivity contribution in [2.75, 3.05) is 40.4 Å². The second kappa shape index (κ2) is 7.19. The molecular weight excluding hydrogens is 294 g/mol. The minimum Gasteiger partial charge on any atom is -0.493 e. The van der Waals surface area contributed by atoms with E-state index in [1.165, 1.54) is 6.42 Å². The smallest absolute Gasteiger partial charge is 0.234 e. The van der Waals surface area contributed by atoms with Crippen LogP contribution in [0.15, 0.2) is 18.2 Å². The van der Waals surface area contributed by atoms with Gasteiger partial charge in [0.2, 0.25) is 5.91 Å². The number of rotatable bonds is 6. The summed E-state index contributed by atoms with van der Waals surface area (Å²) >= 11 is 0. The molecule has 2 fully saturated rings. The summed E-state index contributed by atoms with van der Waals surface area (Å²) in [6.45, 7) is 4.10. The fourth-order valence-corrected chi connectivity index (χ4v) is 3.52. The molecule has 23 heavy (non-hydrogen) atoms. The van der Waals surface area contributed by atoms with Gasteiger partial charge < -0.3 is 20.1 Å². The molecule has 0 radical (unpaired) electrons. The fourth-order valence-electron chi connectivity index (χ4n) is 3.52. The van der Waals surface area contributed by atoms with Crippen molar-refractivity contribution in [3.63, 3.8) is 0 Å². The van der Waals surface area contributed by atoms with Crippen molar-refractivity contribution >= 4 is 5.91 Å². The Labute approximate surface area is 137 Å². The molecular formula is C17H25N3O3. The number of fused-ring (bicyclic) bond motifs is 1. The van der Waals surface area contributed by atoms with Gasteiger partial charge in [0.1, 0.15) is 0 Å². The third-order valence-corrected chi connectivity index (χ3v) is 4.74. The Morgan fingerprint density at radius 3 is 2.87 bits per heavy atom. The van der Waals surface area contributed by atoms with E-state index in [0.717, 1.165) is 25.2 Å². The number of nitrogens with one attached hydrogen (secondary N) is 2. The molecule has 2 aliphatic heterocycles. The number of carbonyl (C=O) groups excluding carboxylic acids is 1. The molecule has 126 valence electrons. The predicted molar refractivity (Wildman–Crippen MR) is 87.7 cm³/mol. The van der Waals surface area contributed by atoms with Crippen LogP contribution in [0.1, 0.15) is 12.0 Å². The lowest BCUT2D eigenvalue weighted by Gasteiger charge is -2.16. The van der Waals surface area contributed by atoms with Crippen LogP contribution in [-0.2, 0) is 11.3 Å². The van der Waals surface area contributed by atoms with E-state index >= 15 is 0 Å². The quantitative estimate of drug-likeness (QED) is 0.805. The van der Waals surface area contributed by atoms with Gasteiger partial charge in [-0.2, -0.15) is 0 Å². The number of hydrogen-bond donors (Lipinski definition) is 2. The van der Waals surface area contributed by atoms with Gasteiger partial charge >= 0.3 is 0 Å². The second-order valence-electron chi connectivity index (χ2n) is 6.27. The summed E-state index contributed by atoms with van der Waals surface area (Å²) in [4.78, 5) is 14.4. The van der Waals surface area contributed by atoms with E-state index in [-0.39, 0.29) is 5.91 Å². The van der Waals surface area contributed by atoms with E-state index in [1.54, 1.807) is 14.2 Å². The average molecular weight is 319 g/mol. The zero-order valence-electron chi connectivity index (χ0n) is 13.8. The third kappa shape index (κ3) is 3.76. The maximum absolute atomic E-state index is 12.1. The van der Waals surface area contributed by atoms with Gasteiger partial charge in [-0.25, -0.2) is 0 Å². The summed E-state index contributed by atoms with van der Waals surface area (Å²) in [5, 5.41) is 6.49. The molecule has 2 saturated heterocycles. The Bertz CT molecular complexity index is 552. The average Bonchev–Trinajstić information content (AvgIpc) is 3.13. The number of carbonyl (C=O) groups is 1. The van der Waals surface area contributed by atoms with Crippen LogP contribution in [0.2, 0.25) is 0 Å². The molecule has 0 aromatic heterocycles. The van der Waals surface area contributed by atoms with E-state index in [4.69, 9.17) is 9.47 Å².